The zero-order chi connectivity index (χ0) is 28.6. The molecule has 3 N–H and O–H groups in total. The van der Waals surface area contributed by atoms with Gasteiger partial charge in [0.25, 0.3) is 0 Å². The predicted molar refractivity (Wildman–Crippen MR) is 152 cm³/mol. The number of urea groups is 1. The number of nitrogens with zero attached hydrogens (tertiary/aromatic N) is 4. The smallest absolute Gasteiger partial charge is 0.317 e. The Labute approximate surface area is 230 Å². The lowest BCUT2D eigenvalue weighted by Crippen LogP contribution is -2.44. The number of hydrogen-bond donors (Lipinski definition) is 2. The lowest BCUT2D eigenvalue weighted by atomic mass is 9.97. The molecular weight excluding hydrogens is 516 g/mol. The number of hydrogen-bond acceptors (Lipinski definition) is 8. The molecule has 1 saturated heterocycles. The monoisotopic (exact) mass is 556 g/mol. The Balaban J connectivity index is 1.73. The number of carbonyl (C=O) groups is 1. The van der Waals surface area contributed by atoms with Gasteiger partial charge in [-0.15, -0.1) is 0 Å². The normalized spacial score (nSPS) is 18.9. The molecule has 12 heteroatoms. The highest BCUT2D eigenvalue weighted by Gasteiger charge is 2.40. The van der Waals surface area contributed by atoms with Gasteiger partial charge in [-0.05, 0) is 32.0 Å². The number of ether oxygens (including phenoxy) is 3. The van der Waals surface area contributed by atoms with E-state index < -0.39 is 19.9 Å². The minimum Gasteiger partial charge on any atom is -0.491 e. The van der Waals surface area contributed by atoms with Crippen molar-refractivity contribution in [3.8, 4) is 11.6 Å². The molecule has 11 nitrogen and oxygen atoms in total. The molecule has 4 heterocycles. The van der Waals surface area contributed by atoms with E-state index in [1.54, 1.807) is 24.1 Å². The second-order valence-electron chi connectivity index (χ2n) is 11.6. The van der Waals surface area contributed by atoms with Crippen molar-refractivity contribution >= 4 is 31.1 Å². The predicted octanol–water partition coefficient (Wildman–Crippen LogP) is 4.67. The van der Waals surface area contributed by atoms with E-state index in [0.717, 1.165) is 11.1 Å². The number of aromatic nitrogens is 4. The van der Waals surface area contributed by atoms with E-state index in [1.165, 1.54) is 0 Å². The van der Waals surface area contributed by atoms with Crippen LogP contribution in [0.1, 0.15) is 45.5 Å². The molecule has 3 aromatic rings. The van der Waals surface area contributed by atoms with Gasteiger partial charge in [-0.2, -0.15) is 5.10 Å². The van der Waals surface area contributed by atoms with Gasteiger partial charge in [0.15, 0.2) is 14.1 Å². The summed E-state index contributed by atoms with van der Waals surface area (Å²) >= 11 is 0. The maximum Gasteiger partial charge on any atom is 0.317 e. The molecular formula is C27H40N6O5Si. The number of amides is 2. The Morgan fingerprint density at radius 3 is 2.67 bits per heavy atom. The SMILES string of the molecule is CO[C@]1(c2cc(OC[C@@H](C)O[Si](C)(C)C(C)(C)C)cc(-n3nc(C)c4cnc(NC(N)=O)cc43)n2)CCOC1. The summed E-state index contributed by atoms with van der Waals surface area (Å²) in [5.41, 5.74) is 6.78. The van der Waals surface area contributed by atoms with Gasteiger partial charge in [-0.3, -0.25) is 5.32 Å². The van der Waals surface area contributed by atoms with Gasteiger partial charge in [0, 0.05) is 49.9 Å². The van der Waals surface area contributed by atoms with Crippen LogP contribution < -0.4 is 15.8 Å². The third kappa shape index (κ3) is 6.08. The summed E-state index contributed by atoms with van der Waals surface area (Å²) in [6.45, 7) is 16.4. The van der Waals surface area contributed by atoms with E-state index in [9.17, 15) is 4.79 Å². The minimum atomic E-state index is -1.95. The van der Waals surface area contributed by atoms with Crippen LogP contribution in [0.5, 0.6) is 5.75 Å². The lowest BCUT2D eigenvalue weighted by molar-refractivity contribution is -0.0248. The highest BCUT2D eigenvalue weighted by atomic mass is 28.4. The molecule has 0 unspecified atom stereocenters. The number of nitrogens with one attached hydrogen (secondary N) is 1. The zero-order valence-corrected chi connectivity index (χ0v) is 25.1. The molecule has 0 radical (unpaired) electrons. The van der Waals surface area contributed by atoms with Crippen molar-refractivity contribution in [2.45, 2.75) is 70.9 Å². The zero-order valence-electron chi connectivity index (χ0n) is 24.1. The first-order valence-corrected chi connectivity index (χ1v) is 16.0. The van der Waals surface area contributed by atoms with E-state index >= 15 is 0 Å². The van der Waals surface area contributed by atoms with Gasteiger partial charge in [0.05, 0.1) is 29.6 Å². The van der Waals surface area contributed by atoms with E-state index in [2.05, 4.69) is 44.2 Å². The Kier molecular flexibility index (Phi) is 8.04. The summed E-state index contributed by atoms with van der Waals surface area (Å²) in [6.07, 6.45) is 2.22. The van der Waals surface area contributed by atoms with Crippen molar-refractivity contribution in [2.24, 2.45) is 5.73 Å². The molecule has 1 fully saturated rings. The Hall–Kier alpha value is -3.06. The molecule has 1 aliphatic heterocycles. The second-order valence-corrected chi connectivity index (χ2v) is 16.4. The first-order chi connectivity index (χ1) is 18.2. The van der Waals surface area contributed by atoms with Gasteiger partial charge in [0.2, 0.25) is 0 Å². The molecule has 212 valence electrons. The van der Waals surface area contributed by atoms with Gasteiger partial charge < -0.3 is 24.4 Å². The summed E-state index contributed by atoms with van der Waals surface area (Å²) in [5.74, 6) is 1.48. The molecule has 0 aliphatic carbocycles. The maximum absolute atomic E-state index is 11.4. The van der Waals surface area contributed by atoms with Gasteiger partial charge in [-0.25, -0.2) is 19.4 Å². The van der Waals surface area contributed by atoms with Crippen LogP contribution in [-0.2, 0) is 19.5 Å². The maximum atomic E-state index is 11.4. The number of anilines is 1. The average Bonchev–Trinajstić information content (AvgIpc) is 3.47. The summed E-state index contributed by atoms with van der Waals surface area (Å²) in [7, 11) is -0.286. The fourth-order valence-electron chi connectivity index (χ4n) is 4.38. The van der Waals surface area contributed by atoms with Crippen molar-refractivity contribution in [3.63, 3.8) is 0 Å². The van der Waals surface area contributed by atoms with Crippen LogP contribution in [0, 0.1) is 6.92 Å². The number of primary amides is 1. The van der Waals surface area contributed by atoms with Crippen molar-refractivity contribution < 1.29 is 23.4 Å². The number of carbonyl (C=O) groups excluding carboxylic acids is 1. The summed E-state index contributed by atoms with van der Waals surface area (Å²) in [5, 5.41) is 8.18. The number of nitrogens with two attached hydrogens (primary N) is 1. The van der Waals surface area contributed by atoms with Crippen LogP contribution in [-0.4, -0.2) is 67.1 Å². The quantitative estimate of drug-likeness (QED) is 0.363. The Bertz CT molecular complexity index is 1350. The number of rotatable bonds is 9. The van der Waals surface area contributed by atoms with Crippen LogP contribution in [0.25, 0.3) is 16.7 Å². The molecule has 39 heavy (non-hydrogen) atoms. The summed E-state index contributed by atoms with van der Waals surface area (Å²) in [4.78, 5) is 20.7. The van der Waals surface area contributed by atoms with E-state index in [1.807, 2.05) is 26.0 Å². The molecule has 0 saturated carbocycles. The number of pyridine rings is 2. The summed E-state index contributed by atoms with van der Waals surface area (Å²) in [6, 6.07) is 4.77. The van der Waals surface area contributed by atoms with E-state index in [4.69, 9.17) is 34.5 Å². The fourth-order valence-corrected chi connectivity index (χ4v) is 5.81. The first-order valence-electron chi connectivity index (χ1n) is 13.1. The molecule has 1 aliphatic rings. The van der Waals surface area contributed by atoms with Crippen molar-refractivity contribution in [1.29, 1.82) is 0 Å². The van der Waals surface area contributed by atoms with Crippen molar-refractivity contribution in [3.05, 3.63) is 35.8 Å². The van der Waals surface area contributed by atoms with E-state index in [-0.39, 0.29) is 11.1 Å². The summed E-state index contributed by atoms with van der Waals surface area (Å²) < 4.78 is 26.2. The third-order valence-corrected chi connectivity index (χ3v) is 12.2. The molecule has 0 spiro atoms. The number of aryl methyl sites for hydroxylation is 1. The minimum absolute atomic E-state index is 0.0987. The molecule has 0 bridgehead atoms. The standard InChI is InChI=1S/C27H40N6O5Si/c1-17(38-39(7,8)26(3,4)5)15-37-19-11-22(27(35-6)9-10-36-16-27)30-24(12-19)33-21-13-23(31-25(28)34)29-14-20(21)18(2)32-33/h11-14,17H,9-10,15-16H2,1-8H3,(H3,28,29,31,34)/t17-,27-/m1/s1. The van der Waals surface area contributed by atoms with Gasteiger partial charge >= 0.3 is 6.03 Å². The highest BCUT2D eigenvalue weighted by Crippen LogP contribution is 2.38. The van der Waals surface area contributed by atoms with Crippen LogP contribution in [0.2, 0.25) is 18.1 Å². The van der Waals surface area contributed by atoms with Gasteiger partial charge in [0.1, 0.15) is 23.8 Å². The largest absolute Gasteiger partial charge is 0.491 e. The van der Waals surface area contributed by atoms with Crippen molar-refractivity contribution in [1.82, 2.24) is 19.7 Å². The first kappa shape index (κ1) is 28.9. The van der Waals surface area contributed by atoms with Crippen molar-refractivity contribution in [2.75, 3.05) is 32.2 Å². The highest BCUT2D eigenvalue weighted by molar-refractivity contribution is 6.74. The van der Waals surface area contributed by atoms with Crippen LogP contribution >= 0.6 is 0 Å². The van der Waals surface area contributed by atoms with Crippen LogP contribution in [0.4, 0.5) is 10.6 Å². The molecule has 2 amide bonds. The lowest BCUT2D eigenvalue weighted by Gasteiger charge is -2.38. The Morgan fingerprint density at radius 2 is 2.05 bits per heavy atom. The fraction of sp³-hybridized carbons (Fsp3) is 0.556. The molecule has 2 atom stereocenters. The van der Waals surface area contributed by atoms with Crippen LogP contribution in [0.15, 0.2) is 24.4 Å². The van der Waals surface area contributed by atoms with E-state index in [0.29, 0.717) is 54.8 Å². The topological polar surface area (TPSA) is 136 Å². The average molecular weight is 557 g/mol. The number of methoxy groups -OCH3 is 1. The molecule has 0 aromatic carbocycles. The number of fused-ring (bicyclic) bond motifs is 1. The second kappa shape index (κ2) is 10.8. The van der Waals surface area contributed by atoms with Crippen LogP contribution in [0.3, 0.4) is 0 Å². The third-order valence-electron chi connectivity index (χ3n) is 7.63. The van der Waals surface area contributed by atoms with Gasteiger partial charge in [-0.1, -0.05) is 20.8 Å². The molecule has 4 rings (SSSR count). The molecule has 3 aromatic heterocycles. The Morgan fingerprint density at radius 1 is 1.31 bits per heavy atom.